The van der Waals surface area contributed by atoms with Crippen molar-refractivity contribution in [2.24, 2.45) is 17.8 Å². The Morgan fingerprint density at radius 3 is 2.43 bits per heavy atom. The molecule has 1 aromatic heterocycles. The van der Waals surface area contributed by atoms with Crippen LogP contribution >= 0.6 is 11.8 Å². The van der Waals surface area contributed by atoms with Crippen molar-refractivity contribution in [1.82, 2.24) is 20.5 Å². The number of nitrogens with one attached hydrogen (secondary N) is 2. The number of aryl methyl sites for hydroxylation is 1. The minimum Gasteiger partial charge on any atom is -0.346 e. The zero-order valence-corrected chi connectivity index (χ0v) is 14.8. The van der Waals surface area contributed by atoms with E-state index in [-0.39, 0.29) is 11.9 Å². The Hall–Kier alpha value is -1.04. The average Bonchev–Trinajstić information content (AvgIpc) is 2.91. The molecule has 6 heteroatoms. The van der Waals surface area contributed by atoms with Gasteiger partial charge in [-0.2, -0.15) is 5.10 Å². The molecule has 1 atom stereocenters. The Morgan fingerprint density at radius 2 is 1.91 bits per heavy atom. The molecule has 0 spiro atoms. The highest BCUT2D eigenvalue weighted by Crippen LogP contribution is 2.60. The lowest BCUT2D eigenvalue weighted by Gasteiger charge is -2.56. The number of hydrogen-bond donors (Lipinski definition) is 2. The maximum atomic E-state index is 12.3. The van der Waals surface area contributed by atoms with E-state index < -0.39 is 0 Å². The molecule has 23 heavy (non-hydrogen) atoms. The number of thioether (sulfide) groups is 1. The minimum atomic E-state index is -0.135. The van der Waals surface area contributed by atoms with Crippen molar-refractivity contribution in [3.63, 3.8) is 0 Å². The summed E-state index contributed by atoms with van der Waals surface area (Å²) in [5.74, 6) is 4.94. The number of H-pyrrole nitrogens is 1. The first-order chi connectivity index (χ1) is 11.0. The van der Waals surface area contributed by atoms with E-state index in [0.29, 0.717) is 16.3 Å². The zero-order valence-electron chi connectivity index (χ0n) is 14.0. The van der Waals surface area contributed by atoms with Crippen LogP contribution in [0.5, 0.6) is 0 Å². The third-order valence-electron chi connectivity index (χ3n) is 5.87. The van der Waals surface area contributed by atoms with E-state index in [1.54, 1.807) is 0 Å². The predicted molar refractivity (Wildman–Crippen MR) is 91.0 cm³/mol. The van der Waals surface area contributed by atoms with Crippen LogP contribution in [-0.4, -0.2) is 31.6 Å². The summed E-state index contributed by atoms with van der Waals surface area (Å²) in [7, 11) is 0. The highest BCUT2D eigenvalue weighted by atomic mass is 32.2. The highest BCUT2D eigenvalue weighted by molar-refractivity contribution is 8.01. The summed E-state index contributed by atoms with van der Waals surface area (Å²) in [5, 5.41) is 9.99. The fourth-order valence-electron chi connectivity index (χ4n) is 5.33. The van der Waals surface area contributed by atoms with E-state index in [0.717, 1.165) is 23.6 Å². The summed E-state index contributed by atoms with van der Waals surface area (Å²) in [6, 6.07) is -0.135. The standard InChI is InChI=1S/C17H26N4OS/c1-10(16-19-11(2)20-21-16)18-15(22)9-23-17-6-12-3-13(7-17)5-14(4-12)8-17/h10,12-14H,3-9H2,1-2H3,(H,18,22)(H,19,20,21)/t10-,12?,13?,14?,17?/m1/s1. The van der Waals surface area contributed by atoms with Crippen molar-refractivity contribution in [1.29, 1.82) is 0 Å². The summed E-state index contributed by atoms with van der Waals surface area (Å²) < 4.78 is 0.399. The summed E-state index contributed by atoms with van der Waals surface area (Å²) in [4.78, 5) is 16.6. The van der Waals surface area contributed by atoms with Gasteiger partial charge in [-0.15, -0.1) is 11.8 Å². The van der Waals surface area contributed by atoms with Crippen LogP contribution in [0.4, 0.5) is 0 Å². The highest BCUT2D eigenvalue weighted by Gasteiger charge is 2.51. The van der Waals surface area contributed by atoms with Crippen molar-refractivity contribution in [2.45, 2.75) is 63.2 Å². The Balaban J connectivity index is 1.31. The third-order valence-corrected chi connectivity index (χ3v) is 7.39. The summed E-state index contributed by atoms with van der Waals surface area (Å²) in [6.07, 6.45) is 8.37. The van der Waals surface area contributed by atoms with Crippen LogP contribution in [0.2, 0.25) is 0 Å². The Morgan fingerprint density at radius 1 is 1.30 bits per heavy atom. The van der Waals surface area contributed by atoms with E-state index in [1.807, 2.05) is 25.6 Å². The molecular formula is C17H26N4OS. The molecule has 0 aromatic carbocycles. The number of aromatic nitrogens is 3. The third kappa shape index (κ3) is 3.14. The lowest BCUT2D eigenvalue weighted by molar-refractivity contribution is -0.119. The summed E-state index contributed by atoms with van der Waals surface area (Å²) in [5.41, 5.74) is 0. The van der Waals surface area contributed by atoms with E-state index in [1.165, 1.54) is 38.5 Å². The first kappa shape index (κ1) is 15.5. The number of rotatable bonds is 5. The number of nitrogens with zero attached hydrogens (tertiary/aromatic N) is 2. The lowest BCUT2D eigenvalue weighted by Crippen LogP contribution is -2.49. The molecule has 126 valence electrons. The molecule has 0 radical (unpaired) electrons. The van der Waals surface area contributed by atoms with Crippen LogP contribution in [0.1, 0.15) is 63.1 Å². The van der Waals surface area contributed by atoms with Crippen molar-refractivity contribution in [3.05, 3.63) is 11.6 Å². The second-order valence-corrected chi connectivity index (χ2v) is 9.40. The largest absolute Gasteiger partial charge is 0.346 e. The van der Waals surface area contributed by atoms with Crippen LogP contribution in [0.25, 0.3) is 0 Å². The predicted octanol–water partition coefficient (Wildman–Crippen LogP) is 2.99. The number of amides is 1. The summed E-state index contributed by atoms with van der Waals surface area (Å²) in [6.45, 7) is 3.81. The van der Waals surface area contributed by atoms with Gasteiger partial charge in [0.25, 0.3) is 0 Å². The van der Waals surface area contributed by atoms with Crippen molar-refractivity contribution >= 4 is 17.7 Å². The van der Waals surface area contributed by atoms with E-state index in [2.05, 4.69) is 20.5 Å². The van der Waals surface area contributed by atoms with Crippen LogP contribution < -0.4 is 5.32 Å². The molecule has 4 aliphatic carbocycles. The molecule has 0 unspecified atom stereocenters. The van der Waals surface area contributed by atoms with Gasteiger partial charge in [0.2, 0.25) is 5.91 Å². The fraction of sp³-hybridized carbons (Fsp3) is 0.824. The normalized spacial score (nSPS) is 36.2. The molecule has 2 N–H and O–H groups in total. The SMILES string of the molecule is Cc1nc([C@@H](C)NC(=O)CSC23CC4CC(CC(C4)C2)C3)n[nH]1. The molecule has 0 saturated heterocycles. The van der Waals surface area contributed by atoms with Gasteiger partial charge < -0.3 is 5.32 Å². The molecule has 5 rings (SSSR count). The molecule has 1 aromatic rings. The zero-order chi connectivity index (χ0) is 16.0. The van der Waals surface area contributed by atoms with Gasteiger partial charge in [0.15, 0.2) is 5.82 Å². The Kier molecular flexibility index (Phi) is 3.90. The van der Waals surface area contributed by atoms with Gasteiger partial charge >= 0.3 is 0 Å². The van der Waals surface area contributed by atoms with E-state index in [9.17, 15) is 4.79 Å². The van der Waals surface area contributed by atoms with Crippen LogP contribution in [0.3, 0.4) is 0 Å². The molecule has 1 amide bonds. The lowest BCUT2D eigenvalue weighted by atomic mass is 9.56. The molecule has 1 heterocycles. The van der Waals surface area contributed by atoms with Gasteiger partial charge in [-0.1, -0.05) is 0 Å². The van der Waals surface area contributed by atoms with E-state index in [4.69, 9.17) is 0 Å². The number of hydrogen-bond acceptors (Lipinski definition) is 4. The molecule has 5 nitrogen and oxygen atoms in total. The smallest absolute Gasteiger partial charge is 0.230 e. The van der Waals surface area contributed by atoms with Gasteiger partial charge in [-0.05, 0) is 70.1 Å². The van der Waals surface area contributed by atoms with Gasteiger partial charge in [0.1, 0.15) is 5.82 Å². The number of carbonyl (C=O) groups is 1. The topological polar surface area (TPSA) is 70.7 Å². The minimum absolute atomic E-state index is 0.112. The Bertz CT molecular complexity index is 564. The Labute approximate surface area is 141 Å². The molecule has 0 aliphatic heterocycles. The maximum absolute atomic E-state index is 12.3. The van der Waals surface area contributed by atoms with E-state index >= 15 is 0 Å². The maximum Gasteiger partial charge on any atom is 0.230 e. The van der Waals surface area contributed by atoms with Crippen molar-refractivity contribution < 1.29 is 4.79 Å². The number of aromatic amines is 1. The van der Waals surface area contributed by atoms with Crippen LogP contribution in [0.15, 0.2) is 0 Å². The second kappa shape index (κ2) is 5.80. The van der Waals surface area contributed by atoms with Crippen molar-refractivity contribution in [2.75, 3.05) is 5.75 Å². The molecule has 4 aliphatic rings. The van der Waals surface area contributed by atoms with Gasteiger partial charge in [0, 0.05) is 4.75 Å². The monoisotopic (exact) mass is 334 g/mol. The number of carbonyl (C=O) groups excluding carboxylic acids is 1. The first-order valence-electron chi connectivity index (χ1n) is 8.83. The molecule has 4 saturated carbocycles. The fourth-order valence-corrected chi connectivity index (χ4v) is 6.91. The van der Waals surface area contributed by atoms with Crippen molar-refractivity contribution in [3.8, 4) is 0 Å². The summed E-state index contributed by atoms with van der Waals surface area (Å²) >= 11 is 1.92. The van der Waals surface area contributed by atoms with Crippen LogP contribution in [0, 0.1) is 24.7 Å². The molecule has 4 bridgehead atoms. The molecule has 4 fully saturated rings. The second-order valence-electron chi connectivity index (χ2n) is 7.96. The van der Waals surface area contributed by atoms with Gasteiger partial charge in [-0.25, -0.2) is 4.98 Å². The molecular weight excluding hydrogens is 308 g/mol. The van der Waals surface area contributed by atoms with Gasteiger partial charge in [0.05, 0.1) is 11.8 Å². The van der Waals surface area contributed by atoms with Gasteiger partial charge in [-0.3, -0.25) is 9.89 Å². The van der Waals surface area contributed by atoms with Crippen LogP contribution in [-0.2, 0) is 4.79 Å². The average molecular weight is 334 g/mol. The quantitative estimate of drug-likeness (QED) is 0.868. The first-order valence-corrected chi connectivity index (χ1v) is 9.82.